The van der Waals surface area contributed by atoms with E-state index in [1.165, 1.54) is 4.40 Å². The molecule has 0 saturated heterocycles. The van der Waals surface area contributed by atoms with Gasteiger partial charge in [0.05, 0.1) is 0 Å². The van der Waals surface area contributed by atoms with Crippen LogP contribution in [0.4, 0.5) is 0 Å². The van der Waals surface area contributed by atoms with E-state index in [9.17, 15) is 8.42 Å². The van der Waals surface area contributed by atoms with Gasteiger partial charge in [-0.15, -0.1) is 0 Å². The molecule has 2 heterocycles. The maximum atomic E-state index is 11.9. The normalized spacial score (nSPS) is 12.1. The summed E-state index contributed by atoms with van der Waals surface area (Å²) in [4.78, 5) is 3.97. The van der Waals surface area contributed by atoms with Crippen molar-refractivity contribution < 1.29 is 8.42 Å². The van der Waals surface area contributed by atoms with E-state index in [0.29, 0.717) is 12.2 Å². The molecule has 5 nitrogen and oxygen atoms in total. The Hall–Kier alpha value is -1.11. The van der Waals surface area contributed by atoms with Crippen LogP contribution in [0.1, 0.15) is 6.92 Å². The summed E-state index contributed by atoms with van der Waals surface area (Å²) in [5.74, 6) is 0. The minimum Gasteiger partial charge on any atom is -0.288 e. The second-order valence-corrected chi connectivity index (χ2v) is 5.18. The molecule has 16 heavy (non-hydrogen) atoms. The number of nitrogens with one attached hydrogen (secondary N) is 1. The van der Waals surface area contributed by atoms with Gasteiger partial charge in [0.1, 0.15) is 5.65 Å². The summed E-state index contributed by atoms with van der Waals surface area (Å²) in [5.41, 5.74) is 0.504. The Morgan fingerprint density at radius 2 is 2.25 bits per heavy atom. The first-order valence-electron chi connectivity index (χ1n) is 4.68. The summed E-state index contributed by atoms with van der Waals surface area (Å²) >= 11 is 5.84. The number of pyridine rings is 1. The van der Waals surface area contributed by atoms with Crippen LogP contribution >= 0.6 is 11.6 Å². The average Bonchev–Trinajstić information content (AvgIpc) is 2.53. The van der Waals surface area contributed by atoms with Crippen LogP contribution in [0.3, 0.4) is 0 Å². The van der Waals surface area contributed by atoms with E-state index < -0.39 is 10.0 Å². The minimum absolute atomic E-state index is 0.0212. The summed E-state index contributed by atoms with van der Waals surface area (Å²) in [6, 6.07) is 5.18. The SMILES string of the molecule is CCNS(=O)(=O)c1c(Cl)nc2ccccn12. The molecule has 0 bridgehead atoms. The maximum absolute atomic E-state index is 11.9. The van der Waals surface area contributed by atoms with Gasteiger partial charge in [-0.2, -0.15) is 0 Å². The molecule has 0 amide bonds. The summed E-state index contributed by atoms with van der Waals surface area (Å²) in [5, 5.41) is -0.0428. The van der Waals surface area contributed by atoms with Gasteiger partial charge in [0.15, 0.2) is 10.2 Å². The fourth-order valence-corrected chi connectivity index (χ4v) is 3.12. The second kappa shape index (κ2) is 4.04. The second-order valence-electron chi connectivity index (χ2n) is 3.14. The predicted octanol–water partition coefficient (Wildman–Crippen LogP) is 1.29. The Morgan fingerprint density at radius 3 is 2.94 bits per heavy atom. The van der Waals surface area contributed by atoms with Crippen molar-refractivity contribution in [1.29, 1.82) is 0 Å². The van der Waals surface area contributed by atoms with E-state index in [1.54, 1.807) is 31.3 Å². The largest absolute Gasteiger partial charge is 0.288 e. The highest BCUT2D eigenvalue weighted by Crippen LogP contribution is 2.21. The van der Waals surface area contributed by atoms with Crippen LogP contribution in [-0.4, -0.2) is 24.3 Å². The van der Waals surface area contributed by atoms with Gasteiger partial charge in [0.25, 0.3) is 10.0 Å². The van der Waals surface area contributed by atoms with Crippen LogP contribution < -0.4 is 4.72 Å². The molecule has 7 heteroatoms. The van der Waals surface area contributed by atoms with Crippen LogP contribution in [0.5, 0.6) is 0 Å². The lowest BCUT2D eigenvalue weighted by molar-refractivity contribution is 0.579. The van der Waals surface area contributed by atoms with E-state index in [4.69, 9.17) is 11.6 Å². The molecule has 2 aromatic heterocycles. The van der Waals surface area contributed by atoms with Gasteiger partial charge in [0, 0.05) is 12.7 Å². The summed E-state index contributed by atoms with van der Waals surface area (Å²) in [7, 11) is -3.61. The first-order chi connectivity index (χ1) is 7.56. The van der Waals surface area contributed by atoms with Crippen LogP contribution in [0.25, 0.3) is 5.65 Å². The molecule has 2 rings (SSSR count). The van der Waals surface area contributed by atoms with Crippen molar-refractivity contribution in [1.82, 2.24) is 14.1 Å². The molecule has 0 fully saturated rings. The smallest absolute Gasteiger partial charge is 0.259 e. The molecule has 0 aliphatic heterocycles. The first-order valence-corrected chi connectivity index (χ1v) is 6.54. The van der Waals surface area contributed by atoms with Crippen molar-refractivity contribution in [3.63, 3.8) is 0 Å². The number of imidazole rings is 1. The number of fused-ring (bicyclic) bond motifs is 1. The van der Waals surface area contributed by atoms with Crippen molar-refractivity contribution in [2.75, 3.05) is 6.54 Å². The quantitative estimate of drug-likeness (QED) is 0.903. The lowest BCUT2D eigenvalue weighted by Crippen LogP contribution is -2.24. The van der Waals surface area contributed by atoms with E-state index in [1.807, 2.05) is 0 Å². The lowest BCUT2D eigenvalue weighted by atomic mass is 10.5. The van der Waals surface area contributed by atoms with Crippen LogP contribution in [0.15, 0.2) is 29.4 Å². The zero-order valence-electron chi connectivity index (χ0n) is 8.51. The number of aromatic nitrogens is 2. The highest BCUT2D eigenvalue weighted by Gasteiger charge is 2.23. The molecule has 0 spiro atoms. The standard InChI is InChI=1S/C9H10ClN3O2S/c1-2-11-16(14,15)9-8(10)12-7-5-3-4-6-13(7)9/h3-6,11H,2H2,1H3. The zero-order valence-corrected chi connectivity index (χ0v) is 10.1. The monoisotopic (exact) mass is 259 g/mol. The average molecular weight is 260 g/mol. The number of sulfonamides is 1. The molecule has 0 aliphatic carbocycles. The van der Waals surface area contributed by atoms with Gasteiger partial charge >= 0.3 is 0 Å². The molecular weight excluding hydrogens is 250 g/mol. The Labute approximate surface area is 98.1 Å². The van der Waals surface area contributed by atoms with Crippen LogP contribution in [0, 0.1) is 0 Å². The third-order valence-electron chi connectivity index (χ3n) is 2.04. The summed E-state index contributed by atoms with van der Waals surface area (Å²) in [6.45, 7) is 2.01. The molecule has 0 aromatic carbocycles. The maximum Gasteiger partial charge on any atom is 0.259 e. The third-order valence-corrected chi connectivity index (χ3v) is 3.98. The van der Waals surface area contributed by atoms with Crippen molar-refractivity contribution in [2.24, 2.45) is 0 Å². The molecular formula is C9H10ClN3O2S. The number of halogens is 1. The number of hydrogen-bond acceptors (Lipinski definition) is 3. The summed E-state index contributed by atoms with van der Waals surface area (Å²) in [6.07, 6.45) is 1.61. The van der Waals surface area contributed by atoms with Gasteiger partial charge < -0.3 is 0 Å². The van der Waals surface area contributed by atoms with Crippen LogP contribution in [-0.2, 0) is 10.0 Å². The van der Waals surface area contributed by atoms with Gasteiger partial charge in [-0.1, -0.05) is 24.6 Å². The highest BCUT2D eigenvalue weighted by atomic mass is 35.5. The molecule has 0 saturated carbocycles. The number of nitrogens with zero attached hydrogens (tertiary/aromatic N) is 2. The van der Waals surface area contributed by atoms with Crippen molar-refractivity contribution in [3.05, 3.63) is 29.5 Å². The predicted molar refractivity (Wildman–Crippen MR) is 61.1 cm³/mol. The fourth-order valence-electron chi connectivity index (χ4n) is 1.44. The van der Waals surface area contributed by atoms with Gasteiger partial charge in [-0.25, -0.2) is 18.1 Å². The van der Waals surface area contributed by atoms with E-state index >= 15 is 0 Å². The van der Waals surface area contributed by atoms with E-state index in [0.717, 1.165) is 0 Å². The zero-order chi connectivity index (χ0) is 11.8. The van der Waals surface area contributed by atoms with E-state index in [2.05, 4.69) is 9.71 Å². The molecule has 1 N–H and O–H groups in total. The van der Waals surface area contributed by atoms with Crippen LogP contribution in [0.2, 0.25) is 5.15 Å². The fraction of sp³-hybridized carbons (Fsp3) is 0.222. The Bertz CT molecular complexity index is 621. The van der Waals surface area contributed by atoms with Crippen molar-refractivity contribution in [3.8, 4) is 0 Å². The molecule has 86 valence electrons. The third kappa shape index (κ3) is 1.79. The topological polar surface area (TPSA) is 63.5 Å². The number of hydrogen-bond donors (Lipinski definition) is 1. The number of rotatable bonds is 3. The van der Waals surface area contributed by atoms with Gasteiger partial charge in [0.2, 0.25) is 0 Å². The first kappa shape index (κ1) is 11.4. The Balaban J connectivity index is 2.73. The Kier molecular flexibility index (Phi) is 2.88. The van der Waals surface area contributed by atoms with Crippen molar-refractivity contribution in [2.45, 2.75) is 11.9 Å². The highest BCUT2D eigenvalue weighted by molar-refractivity contribution is 7.89. The van der Waals surface area contributed by atoms with Gasteiger partial charge in [-0.3, -0.25) is 4.40 Å². The minimum atomic E-state index is -3.61. The van der Waals surface area contributed by atoms with Crippen molar-refractivity contribution >= 4 is 27.3 Å². The van der Waals surface area contributed by atoms with E-state index in [-0.39, 0.29) is 10.2 Å². The Morgan fingerprint density at radius 1 is 1.50 bits per heavy atom. The molecule has 0 radical (unpaired) electrons. The lowest BCUT2D eigenvalue weighted by Gasteiger charge is -2.04. The molecule has 0 atom stereocenters. The van der Waals surface area contributed by atoms with Gasteiger partial charge in [-0.05, 0) is 12.1 Å². The summed E-state index contributed by atoms with van der Waals surface area (Å²) < 4.78 is 27.6. The molecule has 2 aromatic rings. The molecule has 0 unspecified atom stereocenters. The molecule has 0 aliphatic rings.